The molecule has 0 radical (unpaired) electrons. The van der Waals surface area contributed by atoms with Crippen LogP contribution in [0.25, 0.3) is 0 Å². The minimum absolute atomic E-state index is 0.192. The van der Waals surface area contributed by atoms with Gasteiger partial charge in [-0.1, -0.05) is 13.8 Å². The van der Waals surface area contributed by atoms with Crippen molar-refractivity contribution >= 4 is 12.1 Å². The summed E-state index contributed by atoms with van der Waals surface area (Å²) in [6, 6.07) is -1.38. The van der Waals surface area contributed by atoms with Gasteiger partial charge in [-0.2, -0.15) is 4.39 Å². The fourth-order valence-corrected chi connectivity index (χ4v) is 1.06. The van der Waals surface area contributed by atoms with E-state index in [2.05, 4.69) is 5.32 Å². The highest BCUT2D eigenvalue weighted by atomic mass is 19.1. The normalized spacial score (nSPS) is 12.1. The van der Waals surface area contributed by atoms with Crippen LogP contribution in [0, 0.1) is 5.41 Å². The Morgan fingerprint density at radius 2 is 1.69 bits per heavy atom. The minimum atomic E-state index is -1.38. The van der Waals surface area contributed by atoms with Crippen LogP contribution in [0.1, 0.15) is 41.0 Å². The molecule has 0 aliphatic heterocycles. The first kappa shape index (κ1) is 14.9. The van der Waals surface area contributed by atoms with Crippen LogP contribution in [0.4, 0.5) is 9.18 Å². The maximum absolute atomic E-state index is 12.2. The Morgan fingerprint density at radius 1 is 1.19 bits per heavy atom. The maximum atomic E-state index is 12.2. The summed E-state index contributed by atoms with van der Waals surface area (Å²) in [5, 5.41) is 2.50. The quantitative estimate of drug-likeness (QED) is 0.759. The molecule has 0 saturated carbocycles. The van der Waals surface area contributed by atoms with Crippen LogP contribution < -0.4 is 5.32 Å². The molecule has 0 rings (SSSR count). The third-order valence-electron chi connectivity index (χ3n) is 1.73. The molecule has 5 heteroatoms. The molecule has 1 N–H and O–H groups in total. The van der Waals surface area contributed by atoms with E-state index in [0.29, 0.717) is 0 Å². The molecule has 94 valence electrons. The summed E-state index contributed by atoms with van der Waals surface area (Å²) in [6.45, 7) is 8.84. The van der Waals surface area contributed by atoms with Gasteiger partial charge in [0, 0.05) is 13.0 Å². The molecule has 0 aromatic rings. The van der Waals surface area contributed by atoms with Gasteiger partial charge in [0.2, 0.25) is 0 Å². The molecule has 0 saturated heterocycles. The molecule has 0 spiro atoms. The zero-order chi connectivity index (χ0) is 13.0. The lowest BCUT2D eigenvalue weighted by Gasteiger charge is -2.25. The van der Waals surface area contributed by atoms with E-state index in [0.717, 1.165) is 0 Å². The Kier molecular flexibility index (Phi) is 4.90. The van der Waals surface area contributed by atoms with Gasteiger partial charge in [0.1, 0.15) is 5.60 Å². The Balaban J connectivity index is 4.05. The second-order valence-corrected chi connectivity index (χ2v) is 5.55. The Hall–Kier alpha value is -1.13. The van der Waals surface area contributed by atoms with Crippen LogP contribution in [-0.4, -0.2) is 24.3 Å². The molecule has 0 aromatic heterocycles. The number of hydrogen-bond donors (Lipinski definition) is 1. The zero-order valence-electron chi connectivity index (χ0n) is 10.5. The number of hydrogen-bond acceptors (Lipinski definition) is 3. The number of carbonyl (C=O) groups excluding carboxylic acids is 2. The van der Waals surface area contributed by atoms with Crippen molar-refractivity contribution in [2.45, 2.75) is 46.6 Å². The van der Waals surface area contributed by atoms with E-state index in [9.17, 15) is 14.0 Å². The van der Waals surface area contributed by atoms with Gasteiger partial charge in [-0.3, -0.25) is 4.79 Å². The third-order valence-corrected chi connectivity index (χ3v) is 1.73. The first-order valence-electron chi connectivity index (χ1n) is 5.17. The fourth-order valence-electron chi connectivity index (χ4n) is 1.06. The van der Waals surface area contributed by atoms with Crippen LogP contribution in [0.3, 0.4) is 0 Å². The van der Waals surface area contributed by atoms with Crippen LogP contribution >= 0.6 is 0 Å². The molecule has 0 fully saturated rings. The molecular formula is C11H20FNO3. The smallest absolute Gasteiger partial charge is 0.407 e. The summed E-state index contributed by atoms with van der Waals surface area (Å²) < 4.78 is 17.2. The van der Waals surface area contributed by atoms with Crippen molar-refractivity contribution in [3.63, 3.8) is 0 Å². The first-order valence-corrected chi connectivity index (χ1v) is 5.17. The summed E-state index contributed by atoms with van der Waals surface area (Å²) in [6.07, 6.45) is -0.783. The highest BCUT2D eigenvalue weighted by molar-refractivity contribution is 5.69. The van der Waals surface area contributed by atoms with Crippen molar-refractivity contribution in [2.24, 2.45) is 5.41 Å². The van der Waals surface area contributed by atoms with Gasteiger partial charge in [-0.05, 0) is 26.2 Å². The van der Waals surface area contributed by atoms with Gasteiger partial charge in [-0.15, -0.1) is 0 Å². The third kappa shape index (κ3) is 8.20. The van der Waals surface area contributed by atoms with Crippen molar-refractivity contribution in [2.75, 3.05) is 6.54 Å². The van der Waals surface area contributed by atoms with Crippen molar-refractivity contribution in [1.29, 1.82) is 0 Å². The average Bonchev–Trinajstić information content (AvgIpc) is 1.95. The van der Waals surface area contributed by atoms with Crippen molar-refractivity contribution in [3.8, 4) is 0 Å². The van der Waals surface area contributed by atoms with Crippen LogP contribution in [0.15, 0.2) is 0 Å². The number of alkyl carbamates (subject to hydrolysis) is 1. The molecule has 0 aromatic carbocycles. The van der Waals surface area contributed by atoms with Crippen LogP contribution in [-0.2, 0) is 9.53 Å². The number of ether oxygens (including phenoxy) is 1. The van der Waals surface area contributed by atoms with Crippen LogP contribution in [0.5, 0.6) is 0 Å². The number of halogens is 1. The number of carbonyl (C=O) groups is 2. The van der Waals surface area contributed by atoms with Gasteiger partial charge in [0.25, 0.3) is 0 Å². The van der Waals surface area contributed by atoms with E-state index in [4.69, 9.17) is 4.74 Å². The molecule has 0 aliphatic carbocycles. The standard InChI is InChI=1S/C11H20FNO3/c1-10(2,3)16-9(15)13-7-11(4,5)6-8(12)14/h6-7H2,1-5H3,(H,13,15). The van der Waals surface area contributed by atoms with E-state index >= 15 is 0 Å². The Labute approximate surface area is 95.5 Å². The van der Waals surface area contributed by atoms with E-state index in [1.165, 1.54) is 0 Å². The van der Waals surface area contributed by atoms with Gasteiger partial charge < -0.3 is 10.1 Å². The maximum Gasteiger partial charge on any atom is 0.407 e. The summed E-state index contributed by atoms with van der Waals surface area (Å²) in [5.74, 6) is 0. The van der Waals surface area contributed by atoms with E-state index in [1.807, 2.05) is 0 Å². The minimum Gasteiger partial charge on any atom is -0.444 e. The lowest BCUT2D eigenvalue weighted by Crippen LogP contribution is -2.38. The second kappa shape index (κ2) is 5.27. The first-order chi connectivity index (χ1) is 7.02. The van der Waals surface area contributed by atoms with E-state index in [-0.39, 0.29) is 13.0 Å². The van der Waals surface area contributed by atoms with Crippen molar-refractivity contribution < 1.29 is 18.7 Å². The van der Waals surface area contributed by atoms with Crippen molar-refractivity contribution in [3.05, 3.63) is 0 Å². The van der Waals surface area contributed by atoms with Gasteiger partial charge >= 0.3 is 12.1 Å². The molecule has 4 nitrogen and oxygen atoms in total. The summed E-state index contributed by atoms with van der Waals surface area (Å²) in [7, 11) is 0. The molecule has 0 unspecified atom stereocenters. The lowest BCUT2D eigenvalue weighted by atomic mass is 9.90. The van der Waals surface area contributed by atoms with Crippen LogP contribution in [0.2, 0.25) is 0 Å². The van der Waals surface area contributed by atoms with E-state index in [1.54, 1.807) is 34.6 Å². The highest BCUT2D eigenvalue weighted by Gasteiger charge is 2.24. The second-order valence-electron chi connectivity index (χ2n) is 5.55. The predicted molar refractivity (Wildman–Crippen MR) is 58.7 cm³/mol. The predicted octanol–water partition coefficient (Wildman–Crippen LogP) is 2.42. The van der Waals surface area contributed by atoms with Gasteiger partial charge in [0.05, 0.1) is 0 Å². The molecule has 0 aliphatic rings. The number of nitrogens with one attached hydrogen (secondary N) is 1. The topological polar surface area (TPSA) is 55.4 Å². The summed E-state index contributed by atoms with van der Waals surface area (Å²) in [5.41, 5.74) is -1.17. The van der Waals surface area contributed by atoms with Crippen molar-refractivity contribution in [1.82, 2.24) is 5.32 Å². The molecule has 0 bridgehead atoms. The number of amides is 1. The molecule has 1 amide bonds. The number of rotatable bonds is 4. The summed E-state index contributed by atoms with van der Waals surface area (Å²) >= 11 is 0. The molecule has 0 heterocycles. The molecule has 16 heavy (non-hydrogen) atoms. The molecule has 0 atom stereocenters. The van der Waals surface area contributed by atoms with Gasteiger partial charge in [-0.25, -0.2) is 4.79 Å². The van der Waals surface area contributed by atoms with Gasteiger partial charge in [0.15, 0.2) is 0 Å². The SMILES string of the molecule is CC(C)(CNC(=O)OC(C)(C)C)CC(=O)F. The largest absolute Gasteiger partial charge is 0.444 e. The molecular weight excluding hydrogens is 213 g/mol. The zero-order valence-corrected chi connectivity index (χ0v) is 10.5. The average molecular weight is 233 g/mol. The van der Waals surface area contributed by atoms with E-state index < -0.39 is 23.1 Å². The lowest BCUT2D eigenvalue weighted by molar-refractivity contribution is -0.131. The Bertz CT molecular complexity index is 269. The summed E-state index contributed by atoms with van der Waals surface area (Å²) in [4.78, 5) is 21.6. The fraction of sp³-hybridized carbons (Fsp3) is 0.818. The highest BCUT2D eigenvalue weighted by Crippen LogP contribution is 2.19. The monoisotopic (exact) mass is 233 g/mol. The Morgan fingerprint density at radius 3 is 2.06 bits per heavy atom.